The van der Waals surface area contributed by atoms with Crippen molar-refractivity contribution in [3.8, 4) is 0 Å². The van der Waals surface area contributed by atoms with Gasteiger partial charge in [-0.2, -0.15) is 0 Å². The van der Waals surface area contributed by atoms with Crippen LogP contribution in [0.15, 0.2) is 64.0 Å². The molecule has 1 heterocycles. The molecule has 134 valence electrons. The fourth-order valence-corrected chi connectivity index (χ4v) is 2.88. The summed E-state index contributed by atoms with van der Waals surface area (Å²) in [5.41, 5.74) is 2.92. The molecule has 3 aromatic rings. The van der Waals surface area contributed by atoms with E-state index in [0.717, 1.165) is 11.1 Å². The molecule has 1 aromatic heterocycles. The molecule has 0 saturated heterocycles. The second kappa shape index (κ2) is 7.44. The molecule has 5 heteroatoms. The Hall–Kier alpha value is -3.08. The van der Waals surface area contributed by atoms with Gasteiger partial charge in [0, 0.05) is 20.6 Å². The number of amides is 2. The Labute approximate surface area is 152 Å². The van der Waals surface area contributed by atoms with Gasteiger partial charge in [0.1, 0.15) is 5.58 Å². The van der Waals surface area contributed by atoms with Gasteiger partial charge in [0.15, 0.2) is 5.43 Å². The summed E-state index contributed by atoms with van der Waals surface area (Å²) in [5, 5.41) is 0.541. The lowest BCUT2D eigenvalue weighted by atomic mass is 10.1. The molecule has 0 saturated carbocycles. The Balaban J connectivity index is 1.96. The van der Waals surface area contributed by atoms with Crippen molar-refractivity contribution in [1.82, 2.24) is 9.80 Å². The van der Waals surface area contributed by atoms with E-state index in [4.69, 9.17) is 4.42 Å². The van der Waals surface area contributed by atoms with Gasteiger partial charge in [-0.05, 0) is 24.6 Å². The highest BCUT2D eigenvalue weighted by molar-refractivity contribution is 5.78. The van der Waals surface area contributed by atoms with Crippen molar-refractivity contribution in [2.24, 2.45) is 0 Å². The minimum absolute atomic E-state index is 0.0976. The summed E-state index contributed by atoms with van der Waals surface area (Å²) in [6.45, 7) is 2.55. The molecule has 3 rings (SSSR count). The van der Waals surface area contributed by atoms with E-state index in [2.05, 4.69) is 0 Å². The number of hydrogen-bond donors (Lipinski definition) is 0. The number of carbonyl (C=O) groups excluding carboxylic acids is 1. The number of hydrogen-bond acceptors (Lipinski definition) is 3. The maximum absolute atomic E-state index is 12.8. The highest BCUT2D eigenvalue weighted by Gasteiger charge is 2.19. The van der Waals surface area contributed by atoms with Gasteiger partial charge in [0.25, 0.3) is 0 Å². The molecule has 5 nitrogen and oxygen atoms in total. The number of benzene rings is 2. The van der Waals surface area contributed by atoms with E-state index < -0.39 is 0 Å². The average molecular weight is 350 g/mol. The van der Waals surface area contributed by atoms with Gasteiger partial charge in [-0.1, -0.05) is 42.0 Å². The van der Waals surface area contributed by atoms with Gasteiger partial charge < -0.3 is 14.2 Å². The monoisotopic (exact) mass is 350 g/mol. The molecule has 26 heavy (non-hydrogen) atoms. The summed E-state index contributed by atoms with van der Waals surface area (Å²) in [6, 6.07) is 15.1. The topological polar surface area (TPSA) is 53.8 Å². The molecule has 0 aliphatic rings. The van der Waals surface area contributed by atoms with E-state index in [1.54, 1.807) is 25.1 Å². The highest BCUT2D eigenvalue weighted by Crippen LogP contribution is 2.16. The Kier molecular flexibility index (Phi) is 5.07. The Bertz CT molecular complexity index is 977. The smallest absolute Gasteiger partial charge is 0.320 e. The third-order valence-electron chi connectivity index (χ3n) is 4.23. The molecule has 0 aliphatic carbocycles. The van der Waals surface area contributed by atoms with Gasteiger partial charge in [0.2, 0.25) is 0 Å². The summed E-state index contributed by atoms with van der Waals surface area (Å²) in [4.78, 5) is 28.6. The second-order valence-corrected chi connectivity index (χ2v) is 6.61. The van der Waals surface area contributed by atoms with Crippen molar-refractivity contribution in [3.05, 3.63) is 81.7 Å². The number of rotatable bonds is 4. The zero-order valence-corrected chi connectivity index (χ0v) is 15.2. The SMILES string of the molecule is Cc1ccc2occ(CN(Cc3ccccc3)C(=O)N(C)C)c(=O)c2c1. The average Bonchev–Trinajstić information content (AvgIpc) is 2.64. The first kappa shape index (κ1) is 17.7. The molecule has 0 fully saturated rings. The molecule has 0 spiro atoms. The van der Waals surface area contributed by atoms with E-state index in [-0.39, 0.29) is 18.0 Å². The van der Waals surface area contributed by atoms with Crippen molar-refractivity contribution >= 4 is 17.0 Å². The summed E-state index contributed by atoms with van der Waals surface area (Å²) in [5.74, 6) is 0. The van der Waals surface area contributed by atoms with E-state index in [9.17, 15) is 9.59 Å². The number of aryl methyl sites for hydroxylation is 1. The van der Waals surface area contributed by atoms with Crippen LogP contribution in [0.25, 0.3) is 11.0 Å². The number of carbonyl (C=O) groups is 1. The first-order chi connectivity index (χ1) is 12.5. The molecule has 0 atom stereocenters. The van der Waals surface area contributed by atoms with Gasteiger partial charge >= 0.3 is 6.03 Å². The normalized spacial score (nSPS) is 10.7. The zero-order valence-electron chi connectivity index (χ0n) is 15.2. The lowest BCUT2D eigenvalue weighted by Crippen LogP contribution is -2.39. The van der Waals surface area contributed by atoms with E-state index >= 15 is 0 Å². The summed E-state index contributed by atoms with van der Waals surface area (Å²) < 4.78 is 5.62. The van der Waals surface area contributed by atoms with E-state index in [1.807, 2.05) is 49.4 Å². The van der Waals surface area contributed by atoms with Crippen LogP contribution in [0.2, 0.25) is 0 Å². The van der Waals surface area contributed by atoms with Crippen molar-refractivity contribution in [1.29, 1.82) is 0 Å². The molecular formula is C21H22N2O3. The van der Waals surface area contributed by atoms with Crippen LogP contribution < -0.4 is 5.43 Å². The minimum Gasteiger partial charge on any atom is -0.464 e. The molecule has 0 aliphatic heterocycles. The predicted molar refractivity (Wildman–Crippen MR) is 102 cm³/mol. The third kappa shape index (κ3) is 3.77. The molecule has 0 unspecified atom stereocenters. The maximum atomic E-state index is 12.8. The predicted octanol–water partition coefficient (Wildman–Crippen LogP) is 3.79. The second-order valence-electron chi connectivity index (χ2n) is 6.61. The largest absolute Gasteiger partial charge is 0.464 e. The minimum atomic E-state index is -0.155. The molecule has 0 bridgehead atoms. The van der Waals surface area contributed by atoms with Gasteiger partial charge in [0.05, 0.1) is 23.8 Å². The fourth-order valence-electron chi connectivity index (χ4n) is 2.88. The number of fused-ring (bicyclic) bond motifs is 1. The van der Waals surface area contributed by atoms with Crippen LogP contribution in [0.3, 0.4) is 0 Å². The van der Waals surface area contributed by atoms with Crippen molar-refractivity contribution < 1.29 is 9.21 Å². The highest BCUT2D eigenvalue weighted by atomic mass is 16.3. The van der Waals surface area contributed by atoms with Crippen LogP contribution in [0.5, 0.6) is 0 Å². The van der Waals surface area contributed by atoms with Crippen molar-refractivity contribution in [2.75, 3.05) is 14.1 Å². The Morgan fingerprint density at radius 1 is 1.04 bits per heavy atom. The van der Waals surface area contributed by atoms with Crippen LogP contribution in [-0.2, 0) is 13.1 Å². The summed E-state index contributed by atoms with van der Waals surface area (Å²) >= 11 is 0. The van der Waals surface area contributed by atoms with Gasteiger partial charge in [-0.25, -0.2) is 4.79 Å². The van der Waals surface area contributed by atoms with Crippen molar-refractivity contribution in [2.45, 2.75) is 20.0 Å². The maximum Gasteiger partial charge on any atom is 0.320 e. The first-order valence-corrected chi connectivity index (χ1v) is 8.47. The molecule has 0 N–H and O–H groups in total. The first-order valence-electron chi connectivity index (χ1n) is 8.47. The lowest BCUT2D eigenvalue weighted by Gasteiger charge is -2.26. The zero-order chi connectivity index (χ0) is 18.7. The van der Waals surface area contributed by atoms with Crippen LogP contribution in [0.4, 0.5) is 4.79 Å². The van der Waals surface area contributed by atoms with E-state index in [1.165, 1.54) is 11.2 Å². The quantitative estimate of drug-likeness (QED) is 0.719. The van der Waals surface area contributed by atoms with Crippen LogP contribution in [0, 0.1) is 6.92 Å². The van der Waals surface area contributed by atoms with Crippen LogP contribution in [-0.4, -0.2) is 29.9 Å². The molecule has 2 amide bonds. The standard InChI is InChI=1S/C21H22N2O3/c1-15-9-10-19-18(11-15)20(24)17(14-26-19)13-23(21(25)22(2)3)12-16-7-5-4-6-8-16/h4-11,14H,12-13H2,1-3H3. The number of nitrogens with zero attached hydrogens (tertiary/aromatic N) is 2. The fraction of sp³-hybridized carbons (Fsp3) is 0.238. The van der Waals surface area contributed by atoms with Crippen LogP contribution >= 0.6 is 0 Å². The molecule has 2 aromatic carbocycles. The van der Waals surface area contributed by atoms with Crippen molar-refractivity contribution in [3.63, 3.8) is 0 Å². The molecule has 0 radical (unpaired) electrons. The summed E-state index contributed by atoms with van der Waals surface area (Å²) in [6.07, 6.45) is 1.46. The molecular weight excluding hydrogens is 328 g/mol. The summed E-state index contributed by atoms with van der Waals surface area (Å²) in [7, 11) is 3.40. The van der Waals surface area contributed by atoms with Gasteiger partial charge in [-0.3, -0.25) is 4.79 Å². The van der Waals surface area contributed by atoms with Gasteiger partial charge in [-0.15, -0.1) is 0 Å². The van der Waals surface area contributed by atoms with E-state index in [0.29, 0.717) is 23.1 Å². The lowest BCUT2D eigenvalue weighted by molar-refractivity contribution is 0.165. The van der Waals surface area contributed by atoms with Crippen LogP contribution in [0.1, 0.15) is 16.7 Å². The Morgan fingerprint density at radius 3 is 2.46 bits per heavy atom. The third-order valence-corrected chi connectivity index (χ3v) is 4.23. The number of urea groups is 1. The Morgan fingerprint density at radius 2 is 1.77 bits per heavy atom.